The number of nitro groups is 1. The lowest BCUT2D eigenvalue weighted by atomic mass is 10.2. The van der Waals surface area contributed by atoms with Crippen molar-refractivity contribution in [2.24, 2.45) is 4.99 Å². The normalized spacial score (nSPS) is 12.0. The average Bonchev–Trinajstić information content (AvgIpc) is 3.25. The van der Waals surface area contributed by atoms with Crippen LogP contribution >= 0.6 is 22.7 Å². The molecule has 0 fully saturated rings. The highest BCUT2D eigenvalue weighted by Gasteiger charge is 2.12. The average molecular weight is 431 g/mol. The second-order valence-electron chi connectivity index (χ2n) is 5.96. The van der Waals surface area contributed by atoms with Gasteiger partial charge >= 0.3 is 11.0 Å². The third-order valence-electron chi connectivity index (χ3n) is 3.82. The van der Waals surface area contributed by atoms with E-state index in [4.69, 9.17) is 4.74 Å². The van der Waals surface area contributed by atoms with Gasteiger partial charge in [0.15, 0.2) is 4.80 Å². The summed E-state index contributed by atoms with van der Waals surface area (Å²) in [6.07, 6.45) is 2.73. The Morgan fingerprint density at radius 3 is 2.76 bits per heavy atom. The van der Waals surface area contributed by atoms with Crippen molar-refractivity contribution in [3.05, 3.63) is 61.8 Å². The van der Waals surface area contributed by atoms with Gasteiger partial charge in [0, 0.05) is 17.0 Å². The molecule has 0 radical (unpaired) electrons. The van der Waals surface area contributed by atoms with E-state index in [1.165, 1.54) is 29.6 Å². The number of carbonyl (C=O) groups is 2. The fourth-order valence-corrected chi connectivity index (χ4v) is 4.43. The number of carbonyl (C=O) groups excluding carboxylic acids is 2. The van der Waals surface area contributed by atoms with E-state index < -0.39 is 16.8 Å². The number of ether oxygens (including phenoxy) is 1. The van der Waals surface area contributed by atoms with Crippen LogP contribution in [0.2, 0.25) is 0 Å². The molecule has 0 aliphatic carbocycles. The quantitative estimate of drug-likeness (QED) is 0.256. The molecule has 0 atom stereocenters. The molecule has 150 valence electrons. The summed E-state index contributed by atoms with van der Waals surface area (Å²) >= 11 is 2.27. The molecule has 2 heterocycles. The van der Waals surface area contributed by atoms with Gasteiger partial charge in [0.25, 0.3) is 5.91 Å². The highest BCUT2D eigenvalue weighted by molar-refractivity contribution is 7.16. The first-order chi connectivity index (χ1) is 13.9. The van der Waals surface area contributed by atoms with Crippen molar-refractivity contribution in [3.63, 3.8) is 0 Å². The van der Waals surface area contributed by atoms with E-state index in [9.17, 15) is 19.7 Å². The standard InChI is InChI=1S/C19H17N3O5S2/c1-3-27-18(24)11-21-14-7-4-12(2)10-15(14)29-19(21)20-16(23)8-5-13-6-9-17(28-13)22(25)26/h4-10H,3,11H2,1-2H3/b8-5-,20-19?. The van der Waals surface area contributed by atoms with Crippen molar-refractivity contribution in [2.75, 3.05) is 6.61 Å². The number of esters is 1. The van der Waals surface area contributed by atoms with Gasteiger partial charge in [0.05, 0.1) is 21.7 Å². The molecule has 1 amide bonds. The zero-order valence-electron chi connectivity index (χ0n) is 15.7. The number of thiophene rings is 1. The molecule has 0 aliphatic heterocycles. The number of thiazole rings is 1. The van der Waals surface area contributed by atoms with Gasteiger partial charge < -0.3 is 9.30 Å². The van der Waals surface area contributed by atoms with Crippen LogP contribution in [-0.4, -0.2) is 28.0 Å². The summed E-state index contributed by atoms with van der Waals surface area (Å²) in [5.41, 5.74) is 1.84. The third-order valence-corrected chi connectivity index (χ3v) is 5.86. The summed E-state index contributed by atoms with van der Waals surface area (Å²) in [5.74, 6) is -0.940. The number of hydrogen-bond donors (Lipinski definition) is 0. The number of nitrogens with zero attached hydrogens (tertiary/aromatic N) is 3. The number of aromatic nitrogens is 1. The molecular formula is C19H17N3O5S2. The monoisotopic (exact) mass is 431 g/mol. The highest BCUT2D eigenvalue weighted by atomic mass is 32.1. The van der Waals surface area contributed by atoms with E-state index in [0.29, 0.717) is 9.68 Å². The number of benzene rings is 1. The maximum absolute atomic E-state index is 12.3. The van der Waals surface area contributed by atoms with Gasteiger partial charge in [0.1, 0.15) is 6.54 Å². The van der Waals surface area contributed by atoms with Crippen LogP contribution in [-0.2, 0) is 20.9 Å². The fraction of sp³-hybridized carbons (Fsp3) is 0.211. The lowest BCUT2D eigenvalue weighted by Crippen LogP contribution is -2.22. The lowest BCUT2D eigenvalue weighted by Gasteiger charge is -2.05. The SMILES string of the molecule is CCOC(=O)Cn1c(=NC(=O)/C=C\c2ccc([N+](=O)[O-])s2)sc2cc(C)ccc21. The van der Waals surface area contributed by atoms with Gasteiger partial charge in [-0.3, -0.25) is 19.7 Å². The number of fused-ring (bicyclic) bond motifs is 1. The third kappa shape index (κ3) is 5.04. The number of aryl methyl sites for hydroxylation is 1. The molecule has 3 aromatic rings. The zero-order valence-corrected chi connectivity index (χ0v) is 17.3. The Morgan fingerprint density at radius 2 is 2.07 bits per heavy atom. The molecule has 0 bridgehead atoms. The molecule has 3 rings (SSSR count). The molecule has 0 N–H and O–H groups in total. The van der Waals surface area contributed by atoms with Crippen molar-refractivity contribution in [1.29, 1.82) is 0 Å². The van der Waals surface area contributed by atoms with Crippen LogP contribution in [0.4, 0.5) is 5.00 Å². The topological polar surface area (TPSA) is 104 Å². The van der Waals surface area contributed by atoms with Crippen molar-refractivity contribution >= 4 is 55.8 Å². The maximum Gasteiger partial charge on any atom is 0.326 e. The van der Waals surface area contributed by atoms with E-state index in [1.54, 1.807) is 17.6 Å². The van der Waals surface area contributed by atoms with Crippen molar-refractivity contribution in [3.8, 4) is 0 Å². The minimum absolute atomic E-state index is 0.00110. The van der Waals surface area contributed by atoms with E-state index in [2.05, 4.69) is 4.99 Å². The van der Waals surface area contributed by atoms with Gasteiger partial charge in [-0.1, -0.05) is 28.7 Å². The molecule has 8 nitrogen and oxygen atoms in total. The Labute approximate surface area is 173 Å². The molecule has 1 aromatic carbocycles. The Hall–Kier alpha value is -3.11. The fourth-order valence-electron chi connectivity index (χ4n) is 2.57. The Bertz CT molecular complexity index is 1190. The van der Waals surface area contributed by atoms with E-state index in [0.717, 1.165) is 27.1 Å². The summed E-state index contributed by atoms with van der Waals surface area (Å²) in [5, 5.41) is 10.7. The zero-order chi connectivity index (χ0) is 21.0. The Balaban J connectivity index is 1.94. The van der Waals surface area contributed by atoms with Crippen molar-refractivity contribution in [1.82, 2.24) is 4.57 Å². The molecule has 2 aromatic heterocycles. The molecule has 0 saturated carbocycles. The second kappa shape index (κ2) is 8.93. The molecule has 10 heteroatoms. The number of amides is 1. The smallest absolute Gasteiger partial charge is 0.326 e. The van der Waals surface area contributed by atoms with E-state index in [1.807, 2.05) is 25.1 Å². The van der Waals surface area contributed by atoms with Gasteiger partial charge in [-0.2, -0.15) is 4.99 Å². The van der Waals surface area contributed by atoms with Gasteiger partial charge in [-0.05, 0) is 43.7 Å². The van der Waals surface area contributed by atoms with Gasteiger partial charge in [-0.25, -0.2) is 0 Å². The van der Waals surface area contributed by atoms with Crippen LogP contribution in [0, 0.1) is 17.0 Å². The molecule has 0 spiro atoms. The van der Waals surface area contributed by atoms with Crippen LogP contribution in [0.15, 0.2) is 41.4 Å². The van der Waals surface area contributed by atoms with Crippen LogP contribution in [0.25, 0.3) is 16.3 Å². The molecular weight excluding hydrogens is 414 g/mol. The van der Waals surface area contributed by atoms with Crippen molar-refractivity contribution in [2.45, 2.75) is 20.4 Å². The Kier molecular flexibility index (Phi) is 6.35. The Morgan fingerprint density at radius 1 is 1.28 bits per heavy atom. The molecule has 0 unspecified atom stereocenters. The van der Waals surface area contributed by atoms with Crippen LogP contribution in [0.3, 0.4) is 0 Å². The first kappa shape index (κ1) is 20.6. The first-order valence-electron chi connectivity index (χ1n) is 8.64. The van der Waals surface area contributed by atoms with Crippen LogP contribution in [0.1, 0.15) is 17.4 Å². The van der Waals surface area contributed by atoms with Crippen LogP contribution < -0.4 is 4.80 Å². The van der Waals surface area contributed by atoms with E-state index in [-0.39, 0.29) is 18.2 Å². The largest absolute Gasteiger partial charge is 0.465 e. The number of hydrogen-bond acceptors (Lipinski definition) is 7. The summed E-state index contributed by atoms with van der Waals surface area (Å²) < 4.78 is 7.58. The minimum atomic E-state index is -0.526. The van der Waals surface area contributed by atoms with Gasteiger partial charge in [0.2, 0.25) is 0 Å². The molecule has 0 saturated heterocycles. The summed E-state index contributed by atoms with van der Waals surface area (Å²) in [7, 11) is 0. The summed E-state index contributed by atoms with van der Waals surface area (Å²) in [4.78, 5) is 39.7. The van der Waals surface area contributed by atoms with E-state index >= 15 is 0 Å². The van der Waals surface area contributed by atoms with Crippen LogP contribution in [0.5, 0.6) is 0 Å². The van der Waals surface area contributed by atoms with Gasteiger partial charge in [-0.15, -0.1) is 0 Å². The number of rotatable bonds is 6. The molecule has 29 heavy (non-hydrogen) atoms. The second-order valence-corrected chi connectivity index (χ2v) is 8.07. The highest BCUT2D eigenvalue weighted by Crippen LogP contribution is 2.25. The maximum atomic E-state index is 12.3. The predicted octanol–water partition coefficient (Wildman–Crippen LogP) is 3.68. The minimum Gasteiger partial charge on any atom is -0.465 e. The summed E-state index contributed by atoms with van der Waals surface area (Å²) in [6, 6.07) is 8.71. The summed E-state index contributed by atoms with van der Waals surface area (Å²) in [6.45, 7) is 3.90. The lowest BCUT2D eigenvalue weighted by molar-refractivity contribution is -0.380. The molecule has 0 aliphatic rings. The van der Waals surface area contributed by atoms with Crippen molar-refractivity contribution < 1.29 is 19.2 Å². The predicted molar refractivity (Wildman–Crippen MR) is 112 cm³/mol. The first-order valence-corrected chi connectivity index (χ1v) is 10.3.